The Morgan fingerprint density at radius 2 is 2.44 bits per heavy atom. The highest BCUT2D eigenvalue weighted by atomic mass is 32.1. The van der Waals surface area contributed by atoms with Crippen molar-refractivity contribution in [2.75, 3.05) is 0 Å². The fourth-order valence-corrected chi connectivity index (χ4v) is 2.30. The Morgan fingerprint density at radius 1 is 1.50 bits per heavy atom. The van der Waals surface area contributed by atoms with Crippen LogP contribution in [0.4, 0.5) is 0 Å². The highest BCUT2D eigenvalue weighted by molar-refractivity contribution is 7.11. The van der Waals surface area contributed by atoms with Crippen LogP contribution in [-0.2, 0) is 11.2 Å². The molecule has 1 aliphatic rings. The first kappa shape index (κ1) is 9.41. The van der Waals surface area contributed by atoms with Crippen molar-refractivity contribution < 1.29 is 4.79 Å². The molecule has 3 heterocycles. The molecule has 0 spiro atoms. The third-order valence-electron chi connectivity index (χ3n) is 2.40. The Balaban J connectivity index is 1.95. The van der Waals surface area contributed by atoms with Gasteiger partial charge in [0.25, 0.3) is 0 Å². The third kappa shape index (κ3) is 1.47. The SMILES string of the molecule is O=C1CC=CN=C1Cc1nsc2nccn12. The lowest BCUT2D eigenvalue weighted by atomic mass is 10.1. The van der Waals surface area contributed by atoms with Crippen molar-refractivity contribution in [2.45, 2.75) is 12.8 Å². The summed E-state index contributed by atoms with van der Waals surface area (Å²) in [6.07, 6.45) is 7.92. The van der Waals surface area contributed by atoms with Crippen molar-refractivity contribution >= 4 is 28.0 Å². The minimum Gasteiger partial charge on any atom is -0.292 e. The summed E-state index contributed by atoms with van der Waals surface area (Å²) >= 11 is 1.33. The Hall–Kier alpha value is -1.82. The molecule has 0 amide bonds. The molecule has 80 valence electrons. The zero-order chi connectivity index (χ0) is 11.0. The quantitative estimate of drug-likeness (QED) is 0.783. The van der Waals surface area contributed by atoms with E-state index >= 15 is 0 Å². The van der Waals surface area contributed by atoms with E-state index in [2.05, 4.69) is 14.3 Å². The van der Waals surface area contributed by atoms with Gasteiger partial charge in [-0.05, 0) is 0 Å². The number of hydrogen-bond acceptors (Lipinski definition) is 5. The normalized spacial score (nSPS) is 15.8. The summed E-state index contributed by atoms with van der Waals surface area (Å²) in [5.41, 5.74) is 0.573. The fourth-order valence-electron chi connectivity index (χ4n) is 1.59. The first-order chi connectivity index (χ1) is 7.84. The topological polar surface area (TPSA) is 59.6 Å². The summed E-state index contributed by atoms with van der Waals surface area (Å²) in [5.74, 6) is 0.892. The summed E-state index contributed by atoms with van der Waals surface area (Å²) < 4.78 is 6.16. The van der Waals surface area contributed by atoms with Gasteiger partial charge in [-0.15, -0.1) is 0 Å². The van der Waals surface area contributed by atoms with Gasteiger partial charge in [-0.25, -0.2) is 4.98 Å². The van der Waals surface area contributed by atoms with Crippen molar-refractivity contribution in [3.8, 4) is 0 Å². The number of carbonyl (C=O) groups is 1. The van der Waals surface area contributed by atoms with Gasteiger partial charge in [-0.1, -0.05) is 6.08 Å². The maximum Gasteiger partial charge on any atom is 0.213 e. The molecule has 0 saturated heterocycles. The third-order valence-corrected chi connectivity index (χ3v) is 3.17. The lowest BCUT2D eigenvalue weighted by molar-refractivity contribution is -0.112. The minimum atomic E-state index is 0.0729. The molecule has 0 aromatic carbocycles. The van der Waals surface area contributed by atoms with Crippen molar-refractivity contribution in [1.82, 2.24) is 13.8 Å². The zero-order valence-corrected chi connectivity index (χ0v) is 9.15. The smallest absolute Gasteiger partial charge is 0.213 e. The number of imidazole rings is 1. The van der Waals surface area contributed by atoms with Gasteiger partial charge in [0.2, 0.25) is 4.96 Å². The first-order valence-corrected chi connectivity index (χ1v) is 5.64. The van der Waals surface area contributed by atoms with Gasteiger partial charge in [0.1, 0.15) is 5.82 Å². The van der Waals surface area contributed by atoms with Crippen LogP contribution in [0.25, 0.3) is 4.96 Å². The number of allylic oxidation sites excluding steroid dienone is 1. The van der Waals surface area contributed by atoms with Gasteiger partial charge < -0.3 is 0 Å². The Labute approximate surface area is 95.3 Å². The van der Waals surface area contributed by atoms with Crippen LogP contribution in [0.2, 0.25) is 0 Å². The molecule has 0 aliphatic carbocycles. The van der Waals surface area contributed by atoms with Gasteiger partial charge in [0.05, 0.1) is 12.1 Å². The van der Waals surface area contributed by atoms with Crippen molar-refractivity contribution in [3.05, 3.63) is 30.5 Å². The van der Waals surface area contributed by atoms with Gasteiger partial charge in [0.15, 0.2) is 5.78 Å². The van der Waals surface area contributed by atoms with Crippen LogP contribution in [0.1, 0.15) is 12.2 Å². The van der Waals surface area contributed by atoms with Crippen molar-refractivity contribution in [3.63, 3.8) is 0 Å². The molecule has 2 aromatic heterocycles. The summed E-state index contributed by atoms with van der Waals surface area (Å²) in [5, 5.41) is 0. The summed E-state index contributed by atoms with van der Waals surface area (Å²) in [4.78, 5) is 20.6. The maximum atomic E-state index is 11.6. The second kappa shape index (κ2) is 3.64. The van der Waals surface area contributed by atoms with Crippen LogP contribution in [0.3, 0.4) is 0 Å². The molecule has 0 N–H and O–H groups in total. The predicted molar refractivity (Wildman–Crippen MR) is 60.8 cm³/mol. The van der Waals surface area contributed by atoms with Gasteiger partial charge in [0, 0.05) is 36.5 Å². The molecule has 2 aromatic rings. The maximum absolute atomic E-state index is 11.6. The molecule has 0 atom stereocenters. The summed E-state index contributed by atoms with van der Waals surface area (Å²) in [6, 6.07) is 0. The first-order valence-electron chi connectivity index (χ1n) is 4.87. The number of aromatic nitrogens is 3. The molecule has 5 nitrogen and oxygen atoms in total. The van der Waals surface area contributed by atoms with Crippen LogP contribution < -0.4 is 0 Å². The molecule has 0 radical (unpaired) electrons. The van der Waals surface area contributed by atoms with E-state index in [0.717, 1.165) is 10.8 Å². The largest absolute Gasteiger partial charge is 0.292 e. The second-order valence-corrected chi connectivity index (χ2v) is 4.17. The highest BCUT2D eigenvalue weighted by Crippen LogP contribution is 2.12. The Bertz CT molecular complexity index is 607. The van der Waals surface area contributed by atoms with Crippen LogP contribution in [-0.4, -0.2) is 25.3 Å². The summed E-state index contributed by atoms with van der Waals surface area (Å²) in [6.45, 7) is 0. The standard InChI is InChI=1S/C10H8N4OS/c15-8-2-1-3-11-7(8)6-9-13-16-10-12-4-5-14(9)10/h1,3-5H,2,6H2. The lowest BCUT2D eigenvalue weighted by Gasteiger charge is -2.04. The summed E-state index contributed by atoms with van der Waals surface area (Å²) in [7, 11) is 0. The van der Waals surface area contributed by atoms with Crippen LogP contribution in [0.15, 0.2) is 29.7 Å². The lowest BCUT2D eigenvalue weighted by Crippen LogP contribution is -2.18. The Morgan fingerprint density at radius 3 is 3.31 bits per heavy atom. The van der Waals surface area contributed by atoms with E-state index in [4.69, 9.17) is 0 Å². The molecule has 3 rings (SSSR count). The number of fused-ring (bicyclic) bond motifs is 1. The number of ketones is 1. The second-order valence-electron chi connectivity index (χ2n) is 3.44. The Kier molecular flexibility index (Phi) is 2.14. The fraction of sp³-hybridized carbons (Fsp3) is 0.200. The number of hydrogen-bond donors (Lipinski definition) is 0. The number of nitrogens with zero attached hydrogens (tertiary/aromatic N) is 4. The predicted octanol–water partition coefficient (Wildman–Crippen LogP) is 1.26. The van der Waals surface area contributed by atoms with Crippen LogP contribution in [0.5, 0.6) is 0 Å². The van der Waals surface area contributed by atoms with Gasteiger partial charge in [-0.3, -0.25) is 14.2 Å². The molecule has 0 bridgehead atoms. The van der Waals surface area contributed by atoms with E-state index in [1.807, 2.05) is 10.6 Å². The number of carbonyl (C=O) groups excluding carboxylic acids is 1. The molecule has 16 heavy (non-hydrogen) atoms. The number of Topliss-reactive ketones (excluding diaryl/α,β-unsaturated/α-hetero) is 1. The van der Waals surface area contributed by atoms with Crippen molar-refractivity contribution in [2.24, 2.45) is 4.99 Å². The molecule has 6 heteroatoms. The highest BCUT2D eigenvalue weighted by Gasteiger charge is 2.16. The van der Waals surface area contributed by atoms with E-state index in [9.17, 15) is 4.79 Å². The number of aliphatic imine (C=N–C) groups is 1. The van der Waals surface area contributed by atoms with Crippen molar-refractivity contribution in [1.29, 1.82) is 0 Å². The van der Waals surface area contributed by atoms with Crippen LogP contribution in [0, 0.1) is 0 Å². The van der Waals surface area contributed by atoms with Gasteiger partial charge >= 0.3 is 0 Å². The molecular weight excluding hydrogens is 224 g/mol. The molecule has 0 unspecified atom stereocenters. The zero-order valence-electron chi connectivity index (χ0n) is 8.33. The van der Waals surface area contributed by atoms with E-state index < -0.39 is 0 Å². The monoisotopic (exact) mass is 232 g/mol. The number of rotatable bonds is 2. The minimum absolute atomic E-state index is 0.0729. The molecule has 0 saturated carbocycles. The van der Waals surface area contributed by atoms with E-state index in [1.54, 1.807) is 18.5 Å². The van der Waals surface area contributed by atoms with E-state index in [0.29, 0.717) is 18.6 Å². The average molecular weight is 232 g/mol. The van der Waals surface area contributed by atoms with E-state index in [-0.39, 0.29) is 5.78 Å². The molecule has 1 aliphatic heterocycles. The van der Waals surface area contributed by atoms with Gasteiger partial charge in [-0.2, -0.15) is 4.37 Å². The molecular formula is C10H8N4OS. The van der Waals surface area contributed by atoms with E-state index in [1.165, 1.54) is 11.5 Å². The van der Waals surface area contributed by atoms with Crippen LogP contribution >= 0.6 is 11.5 Å². The average Bonchev–Trinajstić information content (AvgIpc) is 2.86. The molecule has 0 fully saturated rings.